The molecule has 0 bridgehead atoms. The van der Waals surface area contributed by atoms with Gasteiger partial charge in [0.25, 0.3) is 0 Å². The summed E-state index contributed by atoms with van der Waals surface area (Å²) in [6, 6.07) is 13.8. The lowest BCUT2D eigenvalue weighted by Gasteiger charge is -2.01. The van der Waals surface area contributed by atoms with Crippen molar-refractivity contribution < 1.29 is 9.47 Å². The van der Waals surface area contributed by atoms with Gasteiger partial charge >= 0.3 is 0 Å². The van der Waals surface area contributed by atoms with E-state index >= 15 is 0 Å². The van der Waals surface area contributed by atoms with Gasteiger partial charge in [-0.25, -0.2) is 9.98 Å². The highest BCUT2D eigenvalue weighted by Crippen LogP contribution is 2.32. The van der Waals surface area contributed by atoms with Gasteiger partial charge in [0.2, 0.25) is 12.7 Å². The predicted octanol–water partition coefficient (Wildman–Crippen LogP) is 3.54. The van der Waals surface area contributed by atoms with Crippen LogP contribution in [0.15, 0.2) is 47.5 Å². The Morgan fingerprint density at radius 2 is 2.05 bits per heavy atom. The van der Waals surface area contributed by atoms with E-state index in [1.807, 2.05) is 36.4 Å². The van der Waals surface area contributed by atoms with Crippen LogP contribution in [-0.2, 0) is 6.54 Å². The lowest BCUT2D eigenvalue weighted by Crippen LogP contribution is -1.93. The molecule has 4 rings (SSSR count). The van der Waals surface area contributed by atoms with Crippen molar-refractivity contribution in [1.82, 2.24) is 9.55 Å². The Labute approximate surface area is 127 Å². The molecule has 3 aromatic rings. The van der Waals surface area contributed by atoms with Gasteiger partial charge in [0, 0.05) is 12.8 Å². The number of imidazole rings is 1. The van der Waals surface area contributed by atoms with Crippen molar-refractivity contribution in [3.63, 3.8) is 0 Å². The standard InChI is InChI=1S/C17H15N3O2/c1-2-20-14-6-4-3-5-13(14)19-17(20)18-10-12-7-8-15-16(9-12)22-11-21-15/h3-10H,2,11H2,1H3. The smallest absolute Gasteiger partial charge is 0.231 e. The largest absolute Gasteiger partial charge is 0.454 e. The lowest BCUT2D eigenvalue weighted by molar-refractivity contribution is 0.174. The fraction of sp³-hybridized carbons (Fsp3) is 0.176. The predicted molar refractivity (Wildman–Crippen MR) is 85.2 cm³/mol. The minimum Gasteiger partial charge on any atom is -0.454 e. The molecular weight excluding hydrogens is 278 g/mol. The van der Waals surface area contributed by atoms with Gasteiger partial charge < -0.3 is 14.0 Å². The molecular formula is C17H15N3O2. The van der Waals surface area contributed by atoms with E-state index in [-0.39, 0.29) is 6.79 Å². The summed E-state index contributed by atoms with van der Waals surface area (Å²) < 4.78 is 12.8. The number of hydrogen-bond acceptors (Lipinski definition) is 4. The van der Waals surface area contributed by atoms with Crippen molar-refractivity contribution in [2.24, 2.45) is 4.99 Å². The van der Waals surface area contributed by atoms with Gasteiger partial charge in [-0.2, -0.15) is 0 Å². The number of para-hydroxylation sites is 2. The maximum Gasteiger partial charge on any atom is 0.231 e. The first-order valence-corrected chi connectivity index (χ1v) is 7.24. The zero-order chi connectivity index (χ0) is 14.9. The van der Waals surface area contributed by atoms with Crippen molar-refractivity contribution >= 4 is 23.2 Å². The van der Waals surface area contributed by atoms with Crippen molar-refractivity contribution in [2.45, 2.75) is 13.5 Å². The van der Waals surface area contributed by atoms with Gasteiger partial charge in [-0.1, -0.05) is 12.1 Å². The van der Waals surface area contributed by atoms with Crippen LogP contribution in [-0.4, -0.2) is 22.6 Å². The van der Waals surface area contributed by atoms with Gasteiger partial charge in [0.1, 0.15) is 0 Å². The molecule has 0 atom stereocenters. The molecule has 0 N–H and O–H groups in total. The summed E-state index contributed by atoms with van der Waals surface area (Å²) >= 11 is 0. The third-order valence-corrected chi connectivity index (χ3v) is 3.68. The van der Waals surface area contributed by atoms with Crippen LogP contribution < -0.4 is 9.47 Å². The lowest BCUT2D eigenvalue weighted by atomic mass is 10.2. The highest BCUT2D eigenvalue weighted by Gasteiger charge is 2.12. The van der Waals surface area contributed by atoms with Crippen LogP contribution in [0.2, 0.25) is 0 Å². The second-order valence-corrected chi connectivity index (χ2v) is 5.02. The second-order valence-electron chi connectivity index (χ2n) is 5.02. The zero-order valence-electron chi connectivity index (χ0n) is 12.2. The quantitative estimate of drug-likeness (QED) is 0.694. The van der Waals surface area contributed by atoms with E-state index < -0.39 is 0 Å². The number of hydrogen-bond donors (Lipinski definition) is 0. The summed E-state index contributed by atoms with van der Waals surface area (Å²) in [6.45, 7) is 3.20. The number of aromatic nitrogens is 2. The molecule has 0 aliphatic carbocycles. The summed E-state index contributed by atoms with van der Waals surface area (Å²) in [4.78, 5) is 9.12. The maximum atomic E-state index is 5.38. The molecule has 1 aliphatic heterocycles. The Hall–Kier alpha value is -2.82. The third kappa shape index (κ3) is 2.11. The number of benzene rings is 2. The summed E-state index contributed by atoms with van der Waals surface area (Å²) in [5.41, 5.74) is 3.02. The molecule has 22 heavy (non-hydrogen) atoms. The first-order valence-electron chi connectivity index (χ1n) is 7.24. The second kappa shape index (κ2) is 5.18. The zero-order valence-corrected chi connectivity index (χ0v) is 12.2. The highest BCUT2D eigenvalue weighted by atomic mass is 16.7. The fourth-order valence-corrected chi connectivity index (χ4v) is 2.60. The van der Waals surface area contributed by atoms with Crippen LogP contribution in [0.4, 0.5) is 5.95 Å². The third-order valence-electron chi connectivity index (χ3n) is 3.68. The normalized spacial score (nSPS) is 13.3. The highest BCUT2D eigenvalue weighted by molar-refractivity contribution is 5.84. The molecule has 1 aromatic heterocycles. The molecule has 2 heterocycles. The topological polar surface area (TPSA) is 48.6 Å². The molecule has 0 radical (unpaired) electrons. The SMILES string of the molecule is CCn1c(N=Cc2ccc3c(c2)OCO3)nc2ccccc21. The molecule has 5 heteroatoms. The number of nitrogens with zero attached hydrogens (tertiary/aromatic N) is 3. The Morgan fingerprint density at radius 3 is 2.95 bits per heavy atom. The van der Waals surface area contributed by atoms with Crippen LogP contribution >= 0.6 is 0 Å². The first-order chi connectivity index (χ1) is 10.8. The van der Waals surface area contributed by atoms with Gasteiger partial charge in [-0.05, 0) is 42.8 Å². The minimum atomic E-state index is 0.279. The van der Waals surface area contributed by atoms with Crippen LogP contribution in [0.25, 0.3) is 11.0 Å². The Balaban J connectivity index is 1.71. The summed E-state index contributed by atoms with van der Waals surface area (Å²) in [6.07, 6.45) is 1.80. The average Bonchev–Trinajstić information content (AvgIpc) is 3.15. The Bertz CT molecular complexity index is 867. The van der Waals surface area contributed by atoms with Gasteiger partial charge in [-0.3, -0.25) is 0 Å². The minimum absolute atomic E-state index is 0.279. The van der Waals surface area contributed by atoms with Crippen molar-refractivity contribution in [3.8, 4) is 11.5 Å². The Morgan fingerprint density at radius 1 is 1.18 bits per heavy atom. The van der Waals surface area contributed by atoms with E-state index in [4.69, 9.17) is 9.47 Å². The summed E-state index contributed by atoms with van der Waals surface area (Å²) in [7, 11) is 0. The van der Waals surface area contributed by atoms with Gasteiger partial charge in [0.05, 0.1) is 11.0 Å². The monoisotopic (exact) mass is 293 g/mol. The van der Waals surface area contributed by atoms with Crippen molar-refractivity contribution in [1.29, 1.82) is 0 Å². The number of fused-ring (bicyclic) bond motifs is 2. The van der Waals surface area contributed by atoms with Gasteiger partial charge in [-0.15, -0.1) is 0 Å². The van der Waals surface area contributed by atoms with Crippen LogP contribution in [0.1, 0.15) is 12.5 Å². The van der Waals surface area contributed by atoms with Crippen LogP contribution in [0, 0.1) is 0 Å². The summed E-state index contributed by atoms with van der Waals surface area (Å²) in [5.74, 6) is 2.24. The van der Waals surface area contributed by atoms with E-state index in [0.29, 0.717) is 5.95 Å². The molecule has 0 fully saturated rings. The molecule has 0 amide bonds. The average molecular weight is 293 g/mol. The van der Waals surface area contributed by atoms with E-state index in [2.05, 4.69) is 27.5 Å². The fourth-order valence-electron chi connectivity index (χ4n) is 2.60. The van der Waals surface area contributed by atoms with E-state index in [0.717, 1.165) is 34.6 Å². The van der Waals surface area contributed by atoms with Crippen molar-refractivity contribution in [2.75, 3.05) is 6.79 Å². The summed E-state index contributed by atoms with van der Waals surface area (Å²) in [5, 5.41) is 0. The van der Waals surface area contributed by atoms with Crippen molar-refractivity contribution in [3.05, 3.63) is 48.0 Å². The molecule has 1 aliphatic rings. The maximum absolute atomic E-state index is 5.38. The molecule has 0 saturated heterocycles. The van der Waals surface area contributed by atoms with Crippen LogP contribution in [0.5, 0.6) is 11.5 Å². The number of ether oxygens (including phenoxy) is 2. The van der Waals surface area contributed by atoms with E-state index in [1.165, 1.54) is 0 Å². The van der Waals surface area contributed by atoms with Crippen LogP contribution in [0.3, 0.4) is 0 Å². The molecule has 0 unspecified atom stereocenters. The Kier molecular flexibility index (Phi) is 3.04. The van der Waals surface area contributed by atoms with E-state index in [9.17, 15) is 0 Å². The molecule has 5 nitrogen and oxygen atoms in total. The molecule has 0 spiro atoms. The number of aryl methyl sites for hydroxylation is 1. The number of aliphatic imine (C=N–C) groups is 1. The molecule has 110 valence electrons. The van der Waals surface area contributed by atoms with E-state index in [1.54, 1.807) is 6.21 Å². The molecule has 0 saturated carbocycles. The first kappa shape index (κ1) is 12.9. The van der Waals surface area contributed by atoms with Gasteiger partial charge in [0.15, 0.2) is 11.5 Å². The molecule has 2 aromatic carbocycles. The number of rotatable bonds is 3.